The average Bonchev–Trinajstić information content (AvgIpc) is 2.84. The van der Waals surface area contributed by atoms with Crippen LogP contribution in [0.25, 0.3) is 16.2 Å². The summed E-state index contributed by atoms with van der Waals surface area (Å²) in [6.07, 6.45) is 2.06. The number of nitrogens with zero attached hydrogens (tertiary/aromatic N) is 2. The van der Waals surface area contributed by atoms with E-state index < -0.39 is 0 Å². The van der Waals surface area contributed by atoms with Gasteiger partial charge in [-0.3, -0.25) is 4.40 Å². The third-order valence-electron chi connectivity index (χ3n) is 2.53. The molecule has 3 aromatic rings. The number of hydrogen-bond acceptors (Lipinski definition) is 2. The second-order valence-corrected chi connectivity index (χ2v) is 5.57. The lowest BCUT2D eigenvalue weighted by Crippen LogP contribution is -1.84. The Balaban J connectivity index is 2.21. The van der Waals surface area contributed by atoms with Gasteiger partial charge in [-0.25, -0.2) is 4.98 Å². The number of imidazole rings is 1. The van der Waals surface area contributed by atoms with Crippen LogP contribution in [0.15, 0.2) is 35.8 Å². The van der Waals surface area contributed by atoms with E-state index in [1.807, 2.05) is 0 Å². The molecule has 0 saturated carbocycles. The van der Waals surface area contributed by atoms with Crippen LogP contribution in [-0.4, -0.2) is 9.38 Å². The van der Waals surface area contributed by atoms with Crippen LogP contribution in [0.3, 0.4) is 0 Å². The van der Waals surface area contributed by atoms with Crippen LogP contribution in [-0.2, 0) is 0 Å². The molecule has 2 heterocycles. The molecule has 0 aliphatic rings. The summed E-state index contributed by atoms with van der Waals surface area (Å²) in [4.78, 5) is 5.70. The lowest BCUT2D eigenvalue weighted by molar-refractivity contribution is 1.19. The van der Waals surface area contributed by atoms with Crippen LogP contribution in [0.1, 0.15) is 5.56 Å². The maximum Gasteiger partial charge on any atom is 0.195 e. The van der Waals surface area contributed by atoms with Crippen LogP contribution in [0.2, 0.25) is 0 Å². The number of rotatable bonds is 1. The second-order valence-electron chi connectivity index (χ2n) is 3.67. The SMILES string of the molecule is Cc1ccc(-c2nc3sccn3c2I)cc1. The quantitative estimate of drug-likeness (QED) is 0.613. The molecule has 2 aromatic heterocycles. The van der Waals surface area contributed by atoms with Gasteiger partial charge in [-0.15, -0.1) is 11.3 Å². The van der Waals surface area contributed by atoms with E-state index in [0.717, 1.165) is 10.7 Å². The van der Waals surface area contributed by atoms with Crippen LogP contribution in [0, 0.1) is 10.6 Å². The maximum absolute atomic E-state index is 4.65. The van der Waals surface area contributed by atoms with Crippen molar-refractivity contribution in [2.75, 3.05) is 0 Å². The van der Waals surface area contributed by atoms with Crippen molar-refractivity contribution < 1.29 is 0 Å². The Bertz CT molecular complexity index is 637. The Morgan fingerprint density at radius 1 is 1.25 bits per heavy atom. The van der Waals surface area contributed by atoms with Crippen molar-refractivity contribution in [1.82, 2.24) is 9.38 Å². The highest BCUT2D eigenvalue weighted by Gasteiger charge is 2.11. The topological polar surface area (TPSA) is 17.3 Å². The Hall–Kier alpha value is -0.880. The van der Waals surface area contributed by atoms with Gasteiger partial charge in [0, 0.05) is 17.1 Å². The first kappa shape index (κ1) is 10.3. The molecule has 1 aromatic carbocycles. The first-order valence-electron chi connectivity index (χ1n) is 4.94. The normalized spacial score (nSPS) is 11.1. The molecule has 0 spiro atoms. The minimum absolute atomic E-state index is 1.06. The van der Waals surface area contributed by atoms with Crippen LogP contribution >= 0.6 is 33.9 Å². The van der Waals surface area contributed by atoms with Gasteiger partial charge in [-0.05, 0) is 29.5 Å². The maximum atomic E-state index is 4.65. The lowest BCUT2D eigenvalue weighted by atomic mass is 10.1. The summed E-state index contributed by atoms with van der Waals surface area (Å²) in [5, 5.41) is 2.06. The fourth-order valence-corrected chi connectivity index (χ4v) is 3.35. The molecule has 0 N–H and O–H groups in total. The first-order valence-corrected chi connectivity index (χ1v) is 6.89. The van der Waals surface area contributed by atoms with Crippen molar-refractivity contribution >= 4 is 38.9 Å². The zero-order valence-electron chi connectivity index (χ0n) is 8.64. The number of aromatic nitrogens is 2. The van der Waals surface area contributed by atoms with Crippen LogP contribution in [0.4, 0.5) is 0 Å². The van der Waals surface area contributed by atoms with Gasteiger partial charge in [0.15, 0.2) is 4.96 Å². The van der Waals surface area contributed by atoms with Crippen molar-refractivity contribution in [3.8, 4) is 11.3 Å². The van der Waals surface area contributed by atoms with Gasteiger partial charge in [0.2, 0.25) is 0 Å². The Morgan fingerprint density at radius 2 is 2.00 bits per heavy atom. The molecule has 0 aliphatic carbocycles. The summed E-state index contributed by atoms with van der Waals surface area (Å²) in [5.74, 6) is 0. The minimum atomic E-state index is 1.06. The van der Waals surface area contributed by atoms with Gasteiger partial charge in [-0.1, -0.05) is 29.8 Å². The summed E-state index contributed by atoms with van der Waals surface area (Å²) in [5.41, 5.74) is 3.54. The van der Waals surface area contributed by atoms with Gasteiger partial charge in [0.05, 0.1) is 0 Å². The standard InChI is InChI=1S/C12H9IN2S/c1-8-2-4-9(5-3-8)10-11(13)15-6-7-16-12(15)14-10/h2-7H,1H3. The molecule has 0 aliphatic heterocycles. The van der Waals surface area contributed by atoms with Gasteiger partial charge in [0.25, 0.3) is 0 Å². The third kappa shape index (κ3) is 1.56. The smallest absolute Gasteiger partial charge is 0.195 e. The summed E-state index contributed by atoms with van der Waals surface area (Å²) in [7, 11) is 0. The van der Waals surface area contributed by atoms with Gasteiger partial charge in [-0.2, -0.15) is 0 Å². The molecule has 0 saturated heterocycles. The first-order chi connectivity index (χ1) is 7.75. The van der Waals surface area contributed by atoms with Gasteiger partial charge in [0.1, 0.15) is 9.39 Å². The molecule has 0 radical (unpaired) electrons. The van der Waals surface area contributed by atoms with Crippen molar-refractivity contribution in [3.05, 3.63) is 45.1 Å². The fraction of sp³-hybridized carbons (Fsp3) is 0.0833. The van der Waals surface area contributed by atoms with Crippen molar-refractivity contribution in [2.45, 2.75) is 6.92 Å². The highest BCUT2D eigenvalue weighted by molar-refractivity contribution is 14.1. The number of halogens is 1. The van der Waals surface area contributed by atoms with Crippen molar-refractivity contribution in [2.24, 2.45) is 0 Å². The van der Waals surface area contributed by atoms with Crippen molar-refractivity contribution in [3.63, 3.8) is 0 Å². The summed E-state index contributed by atoms with van der Waals surface area (Å²) in [6, 6.07) is 8.51. The zero-order chi connectivity index (χ0) is 11.1. The van der Waals surface area contributed by atoms with E-state index >= 15 is 0 Å². The fourth-order valence-electron chi connectivity index (χ4n) is 1.65. The molecule has 0 unspecified atom stereocenters. The van der Waals surface area contributed by atoms with E-state index in [-0.39, 0.29) is 0 Å². The number of hydrogen-bond donors (Lipinski definition) is 0. The predicted molar refractivity (Wildman–Crippen MR) is 76.0 cm³/mol. The van der Waals surface area contributed by atoms with E-state index in [2.05, 4.69) is 74.7 Å². The second kappa shape index (κ2) is 3.85. The van der Waals surface area contributed by atoms with Gasteiger partial charge >= 0.3 is 0 Å². The van der Waals surface area contributed by atoms with E-state index in [1.165, 1.54) is 14.8 Å². The molecule has 0 fully saturated rings. The number of benzene rings is 1. The van der Waals surface area contributed by atoms with Crippen LogP contribution in [0.5, 0.6) is 0 Å². The summed E-state index contributed by atoms with van der Waals surface area (Å²) >= 11 is 4.02. The van der Waals surface area contributed by atoms with Gasteiger partial charge < -0.3 is 0 Å². The molecule has 3 rings (SSSR count). The molecule has 2 nitrogen and oxygen atoms in total. The van der Waals surface area contributed by atoms with E-state index in [9.17, 15) is 0 Å². The molecule has 0 atom stereocenters. The highest BCUT2D eigenvalue weighted by atomic mass is 127. The largest absolute Gasteiger partial charge is 0.285 e. The third-order valence-corrected chi connectivity index (χ3v) is 4.32. The Kier molecular flexibility index (Phi) is 2.48. The number of fused-ring (bicyclic) bond motifs is 1. The zero-order valence-corrected chi connectivity index (χ0v) is 11.6. The predicted octanol–water partition coefficient (Wildman–Crippen LogP) is 3.98. The summed E-state index contributed by atoms with van der Waals surface area (Å²) in [6.45, 7) is 2.10. The van der Waals surface area contributed by atoms with E-state index in [1.54, 1.807) is 11.3 Å². The molecule has 16 heavy (non-hydrogen) atoms. The Labute approximate surface area is 111 Å². The summed E-state index contributed by atoms with van der Waals surface area (Å²) < 4.78 is 3.30. The van der Waals surface area contributed by atoms with E-state index in [4.69, 9.17) is 0 Å². The molecule has 80 valence electrons. The molecule has 4 heteroatoms. The lowest BCUT2D eigenvalue weighted by Gasteiger charge is -1.98. The van der Waals surface area contributed by atoms with E-state index in [0.29, 0.717) is 0 Å². The van der Waals surface area contributed by atoms with Crippen molar-refractivity contribution in [1.29, 1.82) is 0 Å². The monoisotopic (exact) mass is 340 g/mol. The molecular weight excluding hydrogens is 331 g/mol. The number of thiazole rings is 1. The Morgan fingerprint density at radius 3 is 2.69 bits per heavy atom. The van der Waals surface area contributed by atoms with Crippen LogP contribution < -0.4 is 0 Å². The number of aryl methyl sites for hydroxylation is 1. The average molecular weight is 340 g/mol. The molecular formula is C12H9IN2S. The minimum Gasteiger partial charge on any atom is -0.285 e. The molecule has 0 amide bonds. The highest BCUT2D eigenvalue weighted by Crippen LogP contribution is 2.27. The molecule has 0 bridgehead atoms.